The average Bonchev–Trinajstić information content (AvgIpc) is 2.58. The summed E-state index contributed by atoms with van der Waals surface area (Å²) in [5, 5.41) is 19.7. The first-order valence-electron chi connectivity index (χ1n) is 7.54. The number of phenols is 2. The number of fused-ring (bicyclic) bond motifs is 1. The van der Waals surface area contributed by atoms with Crippen molar-refractivity contribution in [3.05, 3.63) is 65.4 Å². The maximum Gasteiger partial charge on any atom is 0.340 e. The number of esters is 1. The van der Waals surface area contributed by atoms with Crippen molar-refractivity contribution in [3.63, 3.8) is 0 Å². The maximum absolute atomic E-state index is 12.3. The van der Waals surface area contributed by atoms with E-state index in [0.29, 0.717) is 5.69 Å². The molecule has 2 aromatic carbocycles. The molecule has 0 radical (unpaired) electrons. The number of ether oxygens (including phenoxy) is 1. The van der Waals surface area contributed by atoms with Crippen molar-refractivity contribution >= 4 is 22.7 Å². The Labute approximate surface area is 143 Å². The van der Waals surface area contributed by atoms with E-state index in [1.54, 1.807) is 13.0 Å². The summed E-state index contributed by atoms with van der Waals surface area (Å²) >= 11 is 0. The van der Waals surface area contributed by atoms with Gasteiger partial charge in [0, 0.05) is 11.5 Å². The fraction of sp³-hybridized carbons (Fsp3) is 0.105. The topological polar surface area (TPSA) is 96.7 Å². The zero-order chi connectivity index (χ0) is 18.0. The Morgan fingerprint density at radius 1 is 1.04 bits per heavy atom. The zero-order valence-electron chi connectivity index (χ0n) is 13.4. The number of rotatable bonds is 4. The molecule has 0 fully saturated rings. The molecule has 0 saturated heterocycles. The Balaban J connectivity index is 1.76. The first-order valence-corrected chi connectivity index (χ1v) is 7.54. The number of para-hydroxylation sites is 1. The normalized spacial score (nSPS) is 10.6. The van der Waals surface area contributed by atoms with E-state index in [1.165, 1.54) is 12.1 Å². The number of nitrogens with zero attached hydrogens (tertiary/aromatic N) is 1. The Morgan fingerprint density at radius 2 is 1.80 bits per heavy atom. The zero-order valence-corrected chi connectivity index (χ0v) is 13.4. The van der Waals surface area contributed by atoms with Gasteiger partial charge in [0.2, 0.25) is 5.78 Å². The average molecular weight is 337 g/mol. The number of Topliss-reactive ketones (excluding diaryl/α,β-unsaturated/α-hetero) is 1. The lowest BCUT2D eigenvalue weighted by Crippen LogP contribution is -2.15. The van der Waals surface area contributed by atoms with E-state index in [4.69, 9.17) is 4.74 Å². The van der Waals surface area contributed by atoms with Crippen LogP contribution in [0.4, 0.5) is 0 Å². The predicted molar refractivity (Wildman–Crippen MR) is 90.9 cm³/mol. The van der Waals surface area contributed by atoms with E-state index in [1.807, 2.05) is 24.3 Å². The highest BCUT2D eigenvalue weighted by Gasteiger charge is 2.17. The smallest absolute Gasteiger partial charge is 0.340 e. The van der Waals surface area contributed by atoms with Crippen LogP contribution in [0, 0.1) is 6.92 Å². The molecule has 0 atom stereocenters. The molecular formula is C19H15NO5. The van der Waals surface area contributed by atoms with Crippen LogP contribution in [0.15, 0.2) is 48.5 Å². The quantitative estimate of drug-likeness (QED) is 0.561. The summed E-state index contributed by atoms with van der Waals surface area (Å²) in [5.74, 6) is -1.77. The van der Waals surface area contributed by atoms with Crippen molar-refractivity contribution in [3.8, 4) is 11.5 Å². The Hall–Kier alpha value is -3.41. The van der Waals surface area contributed by atoms with Crippen LogP contribution >= 0.6 is 0 Å². The van der Waals surface area contributed by atoms with Gasteiger partial charge >= 0.3 is 5.97 Å². The lowest BCUT2D eigenvalue weighted by molar-refractivity contribution is 0.0473. The number of aryl methyl sites for hydroxylation is 1. The summed E-state index contributed by atoms with van der Waals surface area (Å²) in [6, 6.07) is 12.6. The molecular weight excluding hydrogens is 322 g/mol. The van der Waals surface area contributed by atoms with Gasteiger partial charge in [-0.15, -0.1) is 0 Å². The van der Waals surface area contributed by atoms with Crippen molar-refractivity contribution in [2.75, 3.05) is 6.61 Å². The number of ketones is 1. The van der Waals surface area contributed by atoms with Gasteiger partial charge in [0.1, 0.15) is 11.5 Å². The van der Waals surface area contributed by atoms with Crippen molar-refractivity contribution in [1.29, 1.82) is 0 Å². The highest BCUT2D eigenvalue weighted by molar-refractivity contribution is 6.02. The van der Waals surface area contributed by atoms with E-state index in [-0.39, 0.29) is 22.6 Å². The molecule has 3 aromatic rings. The van der Waals surface area contributed by atoms with Gasteiger partial charge in [-0.1, -0.05) is 18.2 Å². The number of phenolic OH excluding ortho intramolecular Hbond substituents is 2. The molecule has 0 amide bonds. The summed E-state index contributed by atoms with van der Waals surface area (Å²) in [5.41, 5.74) is 1.52. The molecule has 0 aliphatic rings. The van der Waals surface area contributed by atoms with Gasteiger partial charge < -0.3 is 14.9 Å². The fourth-order valence-corrected chi connectivity index (χ4v) is 2.46. The summed E-state index contributed by atoms with van der Waals surface area (Å²) in [7, 11) is 0. The minimum Gasteiger partial charge on any atom is -0.508 e. The van der Waals surface area contributed by atoms with E-state index >= 15 is 0 Å². The van der Waals surface area contributed by atoms with Crippen LogP contribution in [-0.4, -0.2) is 33.6 Å². The molecule has 0 bridgehead atoms. The molecule has 126 valence electrons. The Kier molecular flexibility index (Phi) is 4.35. The number of hydrogen-bond acceptors (Lipinski definition) is 6. The van der Waals surface area contributed by atoms with Crippen LogP contribution in [0.2, 0.25) is 0 Å². The second-order valence-electron chi connectivity index (χ2n) is 5.51. The third kappa shape index (κ3) is 3.42. The first-order chi connectivity index (χ1) is 12.0. The van der Waals surface area contributed by atoms with Gasteiger partial charge in [-0.05, 0) is 31.2 Å². The van der Waals surface area contributed by atoms with Crippen molar-refractivity contribution in [1.82, 2.24) is 4.98 Å². The molecule has 6 heteroatoms. The van der Waals surface area contributed by atoms with Gasteiger partial charge in [0.25, 0.3) is 0 Å². The lowest BCUT2D eigenvalue weighted by atomic mass is 10.1. The summed E-state index contributed by atoms with van der Waals surface area (Å²) in [6.45, 7) is 1.17. The van der Waals surface area contributed by atoms with Crippen LogP contribution in [-0.2, 0) is 4.74 Å². The van der Waals surface area contributed by atoms with Crippen LogP contribution in [0.25, 0.3) is 10.9 Å². The van der Waals surface area contributed by atoms with Crippen molar-refractivity contribution in [2.45, 2.75) is 6.92 Å². The number of aromatic nitrogens is 1. The highest BCUT2D eigenvalue weighted by atomic mass is 16.5. The molecule has 0 spiro atoms. The van der Waals surface area contributed by atoms with E-state index < -0.39 is 18.4 Å². The third-order valence-corrected chi connectivity index (χ3v) is 3.75. The molecule has 0 aliphatic heterocycles. The highest BCUT2D eigenvalue weighted by Crippen LogP contribution is 2.23. The monoisotopic (exact) mass is 337 g/mol. The molecule has 1 heterocycles. The molecule has 25 heavy (non-hydrogen) atoms. The van der Waals surface area contributed by atoms with Crippen molar-refractivity contribution < 1.29 is 24.5 Å². The minimum atomic E-state index is -0.664. The van der Waals surface area contributed by atoms with E-state index in [0.717, 1.165) is 17.0 Å². The van der Waals surface area contributed by atoms with Crippen LogP contribution < -0.4 is 0 Å². The largest absolute Gasteiger partial charge is 0.508 e. The summed E-state index contributed by atoms with van der Waals surface area (Å²) in [6.07, 6.45) is 0. The molecule has 3 rings (SSSR count). The van der Waals surface area contributed by atoms with E-state index in [2.05, 4.69) is 4.98 Å². The van der Waals surface area contributed by atoms with Gasteiger partial charge in [-0.2, -0.15) is 0 Å². The molecule has 0 unspecified atom stereocenters. The molecule has 0 saturated carbocycles. The number of hydrogen-bond donors (Lipinski definition) is 2. The fourth-order valence-electron chi connectivity index (χ4n) is 2.46. The van der Waals surface area contributed by atoms with Crippen LogP contribution in [0.3, 0.4) is 0 Å². The maximum atomic E-state index is 12.3. The van der Waals surface area contributed by atoms with Crippen LogP contribution in [0.1, 0.15) is 26.4 Å². The molecule has 1 aromatic heterocycles. The second-order valence-corrected chi connectivity index (χ2v) is 5.51. The lowest BCUT2D eigenvalue weighted by Gasteiger charge is -2.08. The second kappa shape index (κ2) is 6.60. The third-order valence-electron chi connectivity index (χ3n) is 3.75. The molecule has 2 N–H and O–H groups in total. The SMILES string of the molecule is Cc1nc2ccccc2cc1C(=O)OCC(=O)c1ccc(O)cc1O. The van der Waals surface area contributed by atoms with E-state index in [9.17, 15) is 19.8 Å². The summed E-state index contributed by atoms with van der Waals surface area (Å²) in [4.78, 5) is 28.7. The van der Waals surface area contributed by atoms with Crippen molar-refractivity contribution in [2.24, 2.45) is 0 Å². The Morgan fingerprint density at radius 3 is 2.56 bits per heavy atom. The predicted octanol–water partition coefficient (Wildman–Crippen LogP) is 2.99. The number of carbonyl (C=O) groups is 2. The molecule has 0 aliphatic carbocycles. The number of pyridine rings is 1. The van der Waals surface area contributed by atoms with Gasteiger partial charge in [-0.3, -0.25) is 9.78 Å². The first kappa shape index (κ1) is 16.4. The molecule has 6 nitrogen and oxygen atoms in total. The van der Waals surface area contributed by atoms with Gasteiger partial charge in [0.05, 0.1) is 22.3 Å². The number of carbonyl (C=O) groups excluding carboxylic acids is 2. The Bertz CT molecular complexity index is 981. The van der Waals surface area contributed by atoms with Crippen LogP contribution in [0.5, 0.6) is 11.5 Å². The summed E-state index contributed by atoms with van der Waals surface area (Å²) < 4.78 is 5.06. The minimum absolute atomic E-state index is 0.0287. The van der Waals surface area contributed by atoms with Gasteiger partial charge in [-0.25, -0.2) is 4.79 Å². The van der Waals surface area contributed by atoms with Gasteiger partial charge in [0.15, 0.2) is 6.61 Å². The number of benzene rings is 2. The number of aromatic hydroxyl groups is 2. The standard InChI is InChI=1S/C19H15NO5/c1-11-15(8-12-4-2-3-5-16(12)20-11)19(24)25-10-18(23)14-7-6-13(21)9-17(14)22/h2-9,21-22H,10H2,1H3.